The molecule has 1 aromatic carbocycles. The van der Waals surface area contributed by atoms with Gasteiger partial charge in [-0.15, -0.1) is 5.73 Å². The van der Waals surface area contributed by atoms with Gasteiger partial charge in [0.05, 0.1) is 0 Å². The number of nitrogens with one attached hydrogen (secondary N) is 2. The molecule has 4 nitrogen and oxygen atoms in total. The van der Waals surface area contributed by atoms with Crippen molar-refractivity contribution in [1.29, 1.82) is 0 Å². The third-order valence-corrected chi connectivity index (χ3v) is 5.47. The van der Waals surface area contributed by atoms with Crippen LogP contribution in [0.3, 0.4) is 0 Å². The van der Waals surface area contributed by atoms with Crippen LogP contribution in [0.15, 0.2) is 71.5 Å². The Bertz CT molecular complexity index is 1060. The van der Waals surface area contributed by atoms with Crippen LogP contribution < -0.4 is 10.6 Å². The van der Waals surface area contributed by atoms with Gasteiger partial charge in [0.1, 0.15) is 17.3 Å². The molecule has 1 aliphatic carbocycles. The van der Waals surface area contributed by atoms with E-state index in [0.717, 1.165) is 56.4 Å². The highest BCUT2D eigenvalue weighted by Gasteiger charge is 2.11. The van der Waals surface area contributed by atoms with Crippen LogP contribution in [-0.2, 0) is 6.54 Å². The molecule has 0 aliphatic heterocycles. The first-order valence-corrected chi connectivity index (χ1v) is 14.2. The number of hydrogen-bond acceptors (Lipinski definition) is 2. The van der Waals surface area contributed by atoms with Crippen LogP contribution in [0, 0.1) is 25.5 Å². The lowest BCUT2D eigenvalue weighted by Crippen LogP contribution is -2.29. The van der Waals surface area contributed by atoms with Gasteiger partial charge in [0.15, 0.2) is 0 Å². The Morgan fingerprint density at radius 1 is 0.949 bits per heavy atom. The van der Waals surface area contributed by atoms with Crippen LogP contribution >= 0.6 is 0 Å². The minimum atomic E-state index is -0.521. The minimum absolute atomic E-state index is 0.0174. The summed E-state index contributed by atoms with van der Waals surface area (Å²) in [6.45, 7) is 19.2. The summed E-state index contributed by atoms with van der Waals surface area (Å²) >= 11 is 0. The van der Waals surface area contributed by atoms with E-state index in [1.54, 1.807) is 6.92 Å². The van der Waals surface area contributed by atoms with Crippen LogP contribution in [0.25, 0.3) is 0 Å². The molecule has 2 aromatic rings. The fraction of sp³-hybridized carbons (Fsp3) is 0.455. The van der Waals surface area contributed by atoms with E-state index in [2.05, 4.69) is 46.9 Å². The van der Waals surface area contributed by atoms with Crippen molar-refractivity contribution in [2.45, 2.75) is 81.2 Å². The lowest BCUT2D eigenvalue weighted by Gasteiger charge is -2.11. The van der Waals surface area contributed by atoms with Gasteiger partial charge in [-0.05, 0) is 92.8 Å². The highest BCUT2D eigenvalue weighted by molar-refractivity contribution is 5.92. The zero-order valence-electron chi connectivity index (χ0n) is 25.3. The second kappa shape index (κ2) is 21.7. The topological polar surface area (TPSA) is 46.1 Å². The number of halogens is 2. The minimum Gasteiger partial charge on any atom is -0.351 e. The molecule has 216 valence electrons. The average molecular weight is 542 g/mol. The van der Waals surface area contributed by atoms with Crippen LogP contribution in [-0.4, -0.2) is 30.1 Å². The van der Waals surface area contributed by atoms with Crippen LogP contribution in [0.5, 0.6) is 0 Å². The monoisotopic (exact) mass is 541 g/mol. The lowest BCUT2D eigenvalue weighted by atomic mass is 10.1. The maximum absolute atomic E-state index is 12.4. The average Bonchev–Trinajstić information content (AvgIpc) is 3.13. The molecule has 0 bridgehead atoms. The van der Waals surface area contributed by atoms with Gasteiger partial charge in [0, 0.05) is 31.4 Å². The Morgan fingerprint density at radius 2 is 1.62 bits per heavy atom. The van der Waals surface area contributed by atoms with E-state index in [1.165, 1.54) is 23.3 Å². The molecule has 1 aliphatic rings. The molecular weight excluding hydrogens is 492 g/mol. The largest absolute Gasteiger partial charge is 0.351 e. The normalized spacial score (nSPS) is 11.4. The number of nitrogens with zero attached hydrogens (tertiary/aromatic N) is 1. The van der Waals surface area contributed by atoms with Crippen molar-refractivity contribution in [2.75, 3.05) is 19.6 Å². The number of carbonyl (C=O) groups excluding carboxylic acids is 1. The second-order valence-electron chi connectivity index (χ2n) is 8.54. The van der Waals surface area contributed by atoms with Crippen molar-refractivity contribution in [2.24, 2.45) is 0 Å². The van der Waals surface area contributed by atoms with Gasteiger partial charge in [-0.1, -0.05) is 53.7 Å². The summed E-state index contributed by atoms with van der Waals surface area (Å²) in [7, 11) is 0. The summed E-state index contributed by atoms with van der Waals surface area (Å²) in [5.41, 5.74) is 8.23. The lowest BCUT2D eigenvalue weighted by molar-refractivity contribution is 0.0943. The second-order valence-corrected chi connectivity index (χ2v) is 8.54. The molecule has 0 spiro atoms. The first-order chi connectivity index (χ1) is 18.8. The van der Waals surface area contributed by atoms with Gasteiger partial charge in [0.2, 0.25) is 0 Å². The first-order valence-electron chi connectivity index (χ1n) is 14.2. The van der Waals surface area contributed by atoms with Crippen molar-refractivity contribution >= 4 is 5.91 Å². The van der Waals surface area contributed by atoms with Crippen molar-refractivity contribution in [3.05, 3.63) is 100 Å². The number of rotatable bonds is 10. The number of aryl methyl sites for hydroxylation is 2. The van der Waals surface area contributed by atoms with Crippen molar-refractivity contribution in [3.8, 4) is 0 Å². The predicted octanol–water partition coefficient (Wildman–Crippen LogP) is 8.23. The maximum Gasteiger partial charge on any atom is 0.267 e. The number of carbonyl (C=O) groups is 1. The van der Waals surface area contributed by atoms with Gasteiger partial charge >= 0.3 is 0 Å². The molecule has 0 saturated carbocycles. The molecule has 2 N–H and O–H groups in total. The summed E-state index contributed by atoms with van der Waals surface area (Å²) in [5, 5.41) is 6.47. The molecule has 1 aromatic heterocycles. The van der Waals surface area contributed by atoms with Crippen LogP contribution in [0.1, 0.15) is 82.6 Å². The van der Waals surface area contributed by atoms with E-state index in [9.17, 15) is 13.6 Å². The molecule has 6 heteroatoms. The van der Waals surface area contributed by atoms with Crippen molar-refractivity contribution in [3.63, 3.8) is 0 Å². The van der Waals surface area contributed by atoms with Crippen molar-refractivity contribution < 1.29 is 13.6 Å². The molecule has 1 amide bonds. The fourth-order valence-corrected chi connectivity index (χ4v) is 3.68. The zero-order valence-corrected chi connectivity index (χ0v) is 25.3. The van der Waals surface area contributed by atoms with E-state index >= 15 is 0 Å². The number of allylic oxidation sites excluding steroid dienone is 3. The summed E-state index contributed by atoms with van der Waals surface area (Å²) < 4.78 is 26.5. The highest BCUT2D eigenvalue weighted by atomic mass is 19.1. The van der Waals surface area contributed by atoms with E-state index in [1.807, 2.05) is 58.9 Å². The smallest absolute Gasteiger partial charge is 0.267 e. The molecule has 1 heterocycles. The molecule has 0 radical (unpaired) electrons. The molecule has 0 fully saturated rings. The predicted molar refractivity (Wildman–Crippen MR) is 162 cm³/mol. The standard InChI is InChI=1S/C22H31N3O.C7H6F2.2C2H6/c1-4-15-25-18(3)11-12-21(25)22(26)24-14-8-13-23-17-20-10-7-6-9-19(5-2)16-20;1-5-2-6(8)4-7(9)3-5;2*1-2/h6,9-12,16,23H,4-5,8,13-15,17H2,1-3H3,(H,24,26);2-4H,1H3;2*1-2H3. The third kappa shape index (κ3) is 14.5. The number of amides is 1. The molecule has 0 saturated heterocycles. The number of benzene rings is 1. The van der Waals surface area contributed by atoms with E-state index < -0.39 is 11.6 Å². The van der Waals surface area contributed by atoms with Crippen LogP contribution in [0.4, 0.5) is 8.78 Å². The Hall–Kier alpha value is -3.21. The zero-order chi connectivity index (χ0) is 29.6. The summed E-state index contributed by atoms with van der Waals surface area (Å²) in [5.74, 6) is -1.02. The maximum atomic E-state index is 12.4. The van der Waals surface area contributed by atoms with E-state index in [4.69, 9.17) is 0 Å². The Morgan fingerprint density at radius 3 is 2.21 bits per heavy atom. The number of hydrogen-bond donors (Lipinski definition) is 2. The summed E-state index contributed by atoms with van der Waals surface area (Å²) in [4.78, 5) is 12.4. The first kappa shape index (κ1) is 35.8. The third-order valence-electron chi connectivity index (χ3n) is 5.47. The van der Waals surface area contributed by atoms with Crippen LogP contribution in [0.2, 0.25) is 0 Å². The van der Waals surface area contributed by atoms with Gasteiger partial charge in [-0.2, -0.15) is 0 Å². The SMILES string of the molecule is CC.CC.CCCn1c(C)ccc1C(=O)NCCCNCC1=CC(CC)=CC=C=C1.Cc1cc(F)cc(F)c1. The molecule has 3 rings (SSSR count). The quantitative estimate of drug-likeness (QED) is 0.235. The summed E-state index contributed by atoms with van der Waals surface area (Å²) in [6, 6.07) is 7.34. The van der Waals surface area contributed by atoms with Gasteiger partial charge in [0.25, 0.3) is 5.91 Å². The molecule has 0 unspecified atom stereocenters. The Balaban J connectivity index is 0.000000924. The number of aromatic nitrogens is 1. The molecule has 0 atom stereocenters. The summed E-state index contributed by atoms with van der Waals surface area (Å²) in [6.07, 6.45) is 11.3. The Kier molecular flexibility index (Phi) is 19.9. The highest BCUT2D eigenvalue weighted by Crippen LogP contribution is 2.11. The molecular formula is C33H49F2N3O. The van der Waals surface area contributed by atoms with Crippen molar-refractivity contribution in [1.82, 2.24) is 15.2 Å². The van der Waals surface area contributed by atoms with Gasteiger partial charge < -0.3 is 15.2 Å². The molecule has 39 heavy (non-hydrogen) atoms. The van der Waals surface area contributed by atoms with E-state index in [0.29, 0.717) is 12.1 Å². The fourth-order valence-electron chi connectivity index (χ4n) is 3.68. The van der Waals surface area contributed by atoms with E-state index in [-0.39, 0.29) is 5.91 Å². The van der Waals surface area contributed by atoms with Gasteiger partial charge in [-0.25, -0.2) is 8.78 Å². The van der Waals surface area contributed by atoms with Gasteiger partial charge in [-0.3, -0.25) is 4.79 Å². The Labute approximate surface area is 235 Å².